The van der Waals surface area contributed by atoms with Crippen LogP contribution in [-0.4, -0.2) is 44.2 Å². The van der Waals surface area contributed by atoms with Crippen LogP contribution in [0.15, 0.2) is 18.2 Å². The molecule has 152 valence electrons. The molecule has 2 unspecified atom stereocenters. The van der Waals surface area contributed by atoms with Gasteiger partial charge in [0, 0.05) is 30.9 Å². The highest BCUT2D eigenvalue weighted by molar-refractivity contribution is 6.09. The monoisotopic (exact) mass is 387 g/mol. The molecule has 0 radical (unpaired) electrons. The smallest absolute Gasteiger partial charge is 0.239 e. The molecule has 1 aliphatic carbocycles. The summed E-state index contributed by atoms with van der Waals surface area (Å²) in [7, 11) is 0. The molecule has 7 heteroatoms. The van der Waals surface area contributed by atoms with Crippen molar-refractivity contribution in [2.75, 3.05) is 31.2 Å². The maximum Gasteiger partial charge on any atom is 0.239 e. The maximum absolute atomic E-state index is 12.9. The molecule has 0 aromatic heterocycles. The SMILES string of the molecule is NCC(NC(=O)C1CCN(c2ccc3c(c2)OCCO3)C1=O)C1CCCCC1. The Balaban J connectivity index is 1.41. The molecule has 28 heavy (non-hydrogen) atoms. The molecule has 2 heterocycles. The summed E-state index contributed by atoms with van der Waals surface area (Å²) in [5.41, 5.74) is 6.68. The lowest BCUT2D eigenvalue weighted by atomic mass is 9.83. The van der Waals surface area contributed by atoms with Crippen molar-refractivity contribution in [3.8, 4) is 11.5 Å². The van der Waals surface area contributed by atoms with E-state index in [9.17, 15) is 9.59 Å². The summed E-state index contributed by atoms with van der Waals surface area (Å²) in [6.07, 6.45) is 6.36. The molecule has 2 amide bonds. The van der Waals surface area contributed by atoms with E-state index in [2.05, 4.69) is 5.32 Å². The zero-order chi connectivity index (χ0) is 19.5. The molecule has 7 nitrogen and oxygen atoms in total. The topological polar surface area (TPSA) is 93.9 Å². The normalized spacial score (nSPS) is 23.5. The van der Waals surface area contributed by atoms with E-state index in [4.69, 9.17) is 15.2 Å². The summed E-state index contributed by atoms with van der Waals surface area (Å²) in [4.78, 5) is 27.4. The molecule has 3 N–H and O–H groups in total. The van der Waals surface area contributed by atoms with E-state index < -0.39 is 5.92 Å². The van der Waals surface area contributed by atoms with Crippen LogP contribution in [0.5, 0.6) is 11.5 Å². The van der Waals surface area contributed by atoms with Gasteiger partial charge in [-0.05, 0) is 37.3 Å². The van der Waals surface area contributed by atoms with Crippen LogP contribution >= 0.6 is 0 Å². The quantitative estimate of drug-likeness (QED) is 0.752. The van der Waals surface area contributed by atoms with Crippen LogP contribution in [0.2, 0.25) is 0 Å². The van der Waals surface area contributed by atoms with Crippen LogP contribution in [0, 0.1) is 11.8 Å². The van der Waals surface area contributed by atoms with Gasteiger partial charge in [0.1, 0.15) is 19.1 Å². The molecule has 2 fully saturated rings. The lowest BCUT2D eigenvalue weighted by molar-refractivity contribution is -0.132. The van der Waals surface area contributed by atoms with Gasteiger partial charge in [0.25, 0.3) is 0 Å². The first-order valence-corrected chi connectivity index (χ1v) is 10.4. The van der Waals surface area contributed by atoms with Gasteiger partial charge >= 0.3 is 0 Å². The van der Waals surface area contributed by atoms with Crippen molar-refractivity contribution in [3.63, 3.8) is 0 Å². The zero-order valence-electron chi connectivity index (χ0n) is 16.2. The van der Waals surface area contributed by atoms with E-state index in [0.29, 0.717) is 50.1 Å². The van der Waals surface area contributed by atoms with Crippen LogP contribution in [0.1, 0.15) is 38.5 Å². The molecule has 2 aliphatic heterocycles. The van der Waals surface area contributed by atoms with E-state index in [-0.39, 0.29) is 17.9 Å². The molecular formula is C21H29N3O4. The molecule has 3 aliphatic rings. The standard InChI is InChI=1S/C21H29N3O4/c22-13-17(14-4-2-1-3-5-14)23-20(25)16-8-9-24(21(16)26)15-6-7-18-19(12-15)28-11-10-27-18/h6-7,12,14,16-17H,1-5,8-11,13,22H2,(H,23,25). The highest BCUT2D eigenvalue weighted by Crippen LogP contribution is 2.36. The number of carbonyl (C=O) groups excluding carboxylic acids is 2. The number of hydrogen-bond acceptors (Lipinski definition) is 5. The molecule has 1 saturated heterocycles. The van der Waals surface area contributed by atoms with Crippen molar-refractivity contribution in [2.45, 2.75) is 44.6 Å². The number of anilines is 1. The van der Waals surface area contributed by atoms with Crippen molar-refractivity contribution in [3.05, 3.63) is 18.2 Å². The number of nitrogens with one attached hydrogen (secondary N) is 1. The summed E-state index contributed by atoms with van der Waals surface area (Å²) in [6.45, 7) is 1.97. The van der Waals surface area contributed by atoms with Crippen LogP contribution in [0.4, 0.5) is 5.69 Å². The average molecular weight is 387 g/mol. The largest absolute Gasteiger partial charge is 0.486 e. The number of nitrogens with two attached hydrogens (primary N) is 1. The van der Waals surface area contributed by atoms with Gasteiger partial charge in [-0.1, -0.05) is 19.3 Å². The minimum Gasteiger partial charge on any atom is -0.486 e. The number of rotatable bonds is 5. The average Bonchev–Trinajstić information content (AvgIpc) is 3.13. The van der Waals surface area contributed by atoms with E-state index in [1.807, 2.05) is 18.2 Å². The third-order valence-corrected chi connectivity index (χ3v) is 6.16. The number of fused-ring (bicyclic) bond motifs is 1. The number of hydrogen-bond donors (Lipinski definition) is 2. The second-order valence-electron chi connectivity index (χ2n) is 7.91. The van der Waals surface area contributed by atoms with E-state index in [0.717, 1.165) is 18.5 Å². The first kappa shape index (κ1) is 19.1. The van der Waals surface area contributed by atoms with Crippen LogP contribution in [0.25, 0.3) is 0 Å². The summed E-state index contributed by atoms with van der Waals surface area (Å²) in [5, 5.41) is 3.07. The zero-order valence-corrected chi connectivity index (χ0v) is 16.2. The van der Waals surface area contributed by atoms with Gasteiger partial charge in [0.05, 0.1) is 0 Å². The maximum atomic E-state index is 12.9. The molecule has 2 atom stereocenters. The summed E-state index contributed by atoms with van der Waals surface area (Å²) in [6, 6.07) is 5.44. The van der Waals surface area contributed by atoms with Gasteiger partial charge in [0.2, 0.25) is 11.8 Å². The fraction of sp³-hybridized carbons (Fsp3) is 0.619. The Kier molecular flexibility index (Phi) is 5.71. The first-order chi connectivity index (χ1) is 13.7. The number of amides is 2. The molecule has 4 rings (SSSR count). The Morgan fingerprint density at radius 2 is 1.89 bits per heavy atom. The number of benzene rings is 1. The predicted molar refractivity (Wildman–Crippen MR) is 105 cm³/mol. The van der Waals surface area contributed by atoms with Crippen molar-refractivity contribution in [1.82, 2.24) is 5.32 Å². The third kappa shape index (κ3) is 3.81. The second kappa shape index (κ2) is 8.39. The van der Waals surface area contributed by atoms with Crippen molar-refractivity contribution in [2.24, 2.45) is 17.6 Å². The Bertz CT molecular complexity index is 732. The van der Waals surface area contributed by atoms with Gasteiger partial charge in [-0.2, -0.15) is 0 Å². The first-order valence-electron chi connectivity index (χ1n) is 10.4. The van der Waals surface area contributed by atoms with Gasteiger partial charge < -0.3 is 25.4 Å². The van der Waals surface area contributed by atoms with Gasteiger partial charge in [-0.15, -0.1) is 0 Å². The Hall–Kier alpha value is -2.28. The summed E-state index contributed by atoms with van der Waals surface area (Å²) in [5.74, 6) is 0.762. The van der Waals surface area contributed by atoms with E-state index in [1.165, 1.54) is 19.3 Å². The Labute approximate surface area is 165 Å². The van der Waals surface area contributed by atoms with Crippen molar-refractivity contribution < 1.29 is 19.1 Å². The van der Waals surface area contributed by atoms with Crippen molar-refractivity contribution >= 4 is 17.5 Å². The van der Waals surface area contributed by atoms with Crippen molar-refractivity contribution in [1.29, 1.82) is 0 Å². The minimum absolute atomic E-state index is 0.0380. The Morgan fingerprint density at radius 1 is 1.14 bits per heavy atom. The lowest BCUT2D eigenvalue weighted by Gasteiger charge is -2.30. The van der Waals surface area contributed by atoms with E-state index in [1.54, 1.807) is 4.90 Å². The third-order valence-electron chi connectivity index (χ3n) is 6.16. The highest BCUT2D eigenvalue weighted by Gasteiger charge is 2.39. The van der Waals surface area contributed by atoms with Crippen LogP contribution in [-0.2, 0) is 9.59 Å². The summed E-state index contributed by atoms with van der Waals surface area (Å²) >= 11 is 0. The molecular weight excluding hydrogens is 358 g/mol. The second-order valence-corrected chi connectivity index (χ2v) is 7.91. The number of ether oxygens (including phenoxy) is 2. The predicted octanol–water partition coefficient (Wildman–Crippen LogP) is 1.83. The fourth-order valence-electron chi connectivity index (χ4n) is 4.57. The molecule has 0 spiro atoms. The van der Waals surface area contributed by atoms with Crippen LogP contribution in [0.3, 0.4) is 0 Å². The molecule has 1 saturated carbocycles. The molecule has 1 aromatic carbocycles. The fourth-order valence-corrected chi connectivity index (χ4v) is 4.57. The Morgan fingerprint density at radius 3 is 2.64 bits per heavy atom. The number of nitrogens with zero attached hydrogens (tertiary/aromatic N) is 1. The highest BCUT2D eigenvalue weighted by atomic mass is 16.6. The minimum atomic E-state index is -0.647. The molecule has 1 aromatic rings. The summed E-state index contributed by atoms with van der Waals surface area (Å²) < 4.78 is 11.1. The van der Waals surface area contributed by atoms with E-state index >= 15 is 0 Å². The van der Waals surface area contributed by atoms with Gasteiger partial charge in [0.15, 0.2) is 11.5 Å². The number of carbonyl (C=O) groups is 2. The van der Waals surface area contributed by atoms with Gasteiger partial charge in [-0.3, -0.25) is 9.59 Å². The molecule has 0 bridgehead atoms. The lowest BCUT2D eigenvalue weighted by Crippen LogP contribution is -2.49. The van der Waals surface area contributed by atoms with Gasteiger partial charge in [-0.25, -0.2) is 0 Å². The van der Waals surface area contributed by atoms with Crippen LogP contribution < -0.4 is 25.4 Å².